The molecule has 0 radical (unpaired) electrons. The minimum Gasteiger partial charge on any atom is -0.462 e. The number of ether oxygens (including phenoxy) is 3. The Morgan fingerprint density at radius 3 is 0.827 bits per heavy atom. The third-order valence-corrected chi connectivity index (χ3v) is 12.3. The van der Waals surface area contributed by atoms with Crippen LogP contribution in [-0.2, 0) is 28.6 Å². The third kappa shape index (κ3) is 60.0. The molecule has 0 aromatic carbocycles. The average Bonchev–Trinajstić information content (AvgIpc) is 3.41. The van der Waals surface area contributed by atoms with Gasteiger partial charge in [-0.2, -0.15) is 0 Å². The van der Waals surface area contributed by atoms with Gasteiger partial charge < -0.3 is 14.2 Å². The summed E-state index contributed by atoms with van der Waals surface area (Å²) >= 11 is 0. The summed E-state index contributed by atoms with van der Waals surface area (Å²) in [5, 5.41) is 0. The first-order chi connectivity index (χ1) is 37.0. The zero-order chi connectivity index (χ0) is 54.3. The van der Waals surface area contributed by atoms with Crippen molar-refractivity contribution in [2.75, 3.05) is 13.2 Å². The number of carbonyl (C=O) groups is 3. The molecule has 0 aromatic heterocycles. The highest BCUT2D eigenvalue weighted by Gasteiger charge is 2.19. The summed E-state index contributed by atoms with van der Waals surface area (Å²) < 4.78 is 16.8. The molecule has 0 saturated heterocycles. The second-order valence-electron chi connectivity index (χ2n) is 19.5. The molecule has 75 heavy (non-hydrogen) atoms. The standard InChI is InChI=1S/C69H110O6/c1-4-7-10-13-16-19-22-25-27-29-31-32-33-34-35-36-38-39-41-44-47-50-53-56-59-62-68(71)74-65-66(64-73-67(70)61-58-55-52-49-46-43-24-21-18-15-12-9-6-3)75-69(72)63-60-57-54-51-48-45-42-40-37-30-28-26-23-20-17-14-11-8-5-2/h7-12,16-21,25-28,31-32,37,40,43,46,52,55,66H,4-6,13-15,22-24,29-30,33-36,38-39,41-42,44-45,47-51,53-54,56-65H2,1-3H3/b10-7-,11-8-,12-9-,19-16-,20-17-,21-18-,27-25-,28-26-,32-31-,40-37-,46-43-,55-52-. The van der Waals surface area contributed by atoms with Gasteiger partial charge in [0, 0.05) is 19.3 Å². The Labute approximate surface area is 461 Å². The molecule has 1 atom stereocenters. The largest absolute Gasteiger partial charge is 0.462 e. The number of carbonyl (C=O) groups excluding carboxylic acids is 3. The predicted molar refractivity (Wildman–Crippen MR) is 325 cm³/mol. The molecule has 422 valence electrons. The summed E-state index contributed by atoms with van der Waals surface area (Å²) in [6, 6.07) is 0. The Kier molecular flexibility index (Phi) is 58.0. The highest BCUT2D eigenvalue weighted by molar-refractivity contribution is 5.71. The van der Waals surface area contributed by atoms with Gasteiger partial charge in [0.25, 0.3) is 0 Å². The second-order valence-corrected chi connectivity index (χ2v) is 19.5. The Morgan fingerprint density at radius 2 is 0.507 bits per heavy atom. The van der Waals surface area contributed by atoms with E-state index < -0.39 is 6.10 Å². The summed E-state index contributed by atoms with van der Waals surface area (Å²) in [4.78, 5) is 38.2. The lowest BCUT2D eigenvalue weighted by Crippen LogP contribution is -2.30. The average molecular weight is 1040 g/mol. The molecular formula is C69H110O6. The molecule has 0 bridgehead atoms. The van der Waals surface area contributed by atoms with Crippen molar-refractivity contribution >= 4 is 17.9 Å². The molecule has 0 amide bonds. The van der Waals surface area contributed by atoms with Crippen molar-refractivity contribution in [2.24, 2.45) is 0 Å². The van der Waals surface area contributed by atoms with Gasteiger partial charge in [-0.25, -0.2) is 0 Å². The van der Waals surface area contributed by atoms with Crippen LogP contribution >= 0.6 is 0 Å². The van der Waals surface area contributed by atoms with Crippen LogP contribution in [-0.4, -0.2) is 37.2 Å². The first-order valence-electron chi connectivity index (χ1n) is 30.3. The van der Waals surface area contributed by atoms with Crippen LogP contribution in [0, 0.1) is 0 Å². The van der Waals surface area contributed by atoms with Gasteiger partial charge in [-0.3, -0.25) is 14.4 Å². The summed E-state index contributed by atoms with van der Waals surface area (Å²) in [6.45, 7) is 6.22. The van der Waals surface area contributed by atoms with Crippen LogP contribution in [0.1, 0.15) is 252 Å². The molecule has 0 saturated carbocycles. The fourth-order valence-corrected chi connectivity index (χ4v) is 7.91. The number of hydrogen-bond donors (Lipinski definition) is 0. The fourth-order valence-electron chi connectivity index (χ4n) is 7.91. The maximum atomic E-state index is 12.9. The molecule has 0 fully saturated rings. The van der Waals surface area contributed by atoms with E-state index in [0.29, 0.717) is 19.3 Å². The van der Waals surface area contributed by atoms with Gasteiger partial charge in [-0.05, 0) is 122 Å². The first kappa shape index (κ1) is 70.3. The summed E-state index contributed by atoms with van der Waals surface area (Å²) in [7, 11) is 0. The molecular weight excluding hydrogens is 925 g/mol. The minimum absolute atomic E-state index is 0.112. The lowest BCUT2D eigenvalue weighted by Gasteiger charge is -2.18. The normalized spacial score (nSPS) is 13.2. The zero-order valence-corrected chi connectivity index (χ0v) is 48.3. The third-order valence-electron chi connectivity index (χ3n) is 12.3. The topological polar surface area (TPSA) is 78.9 Å². The van der Waals surface area contributed by atoms with E-state index in [1.807, 2.05) is 12.2 Å². The van der Waals surface area contributed by atoms with Gasteiger partial charge in [0.2, 0.25) is 0 Å². The monoisotopic (exact) mass is 1030 g/mol. The summed E-state index contributed by atoms with van der Waals surface area (Å²) in [5.41, 5.74) is 0. The zero-order valence-electron chi connectivity index (χ0n) is 48.3. The number of allylic oxidation sites excluding steroid dienone is 24. The predicted octanol–water partition coefficient (Wildman–Crippen LogP) is 20.8. The Morgan fingerprint density at radius 1 is 0.267 bits per heavy atom. The Balaban J connectivity index is 4.41. The quantitative estimate of drug-likeness (QED) is 0.0261. The van der Waals surface area contributed by atoms with Crippen LogP contribution in [0.2, 0.25) is 0 Å². The van der Waals surface area contributed by atoms with E-state index >= 15 is 0 Å². The number of rotatable bonds is 53. The van der Waals surface area contributed by atoms with E-state index in [4.69, 9.17) is 14.2 Å². The molecule has 0 aromatic rings. The van der Waals surface area contributed by atoms with Crippen molar-refractivity contribution in [3.63, 3.8) is 0 Å². The maximum Gasteiger partial charge on any atom is 0.306 e. The van der Waals surface area contributed by atoms with Crippen molar-refractivity contribution in [1.29, 1.82) is 0 Å². The lowest BCUT2D eigenvalue weighted by atomic mass is 10.0. The van der Waals surface area contributed by atoms with E-state index in [1.54, 1.807) is 0 Å². The first-order valence-corrected chi connectivity index (χ1v) is 30.3. The van der Waals surface area contributed by atoms with Gasteiger partial charge in [0.05, 0.1) is 0 Å². The highest BCUT2D eigenvalue weighted by Crippen LogP contribution is 2.15. The van der Waals surface area contributed by atoms with Gasteiger partial charge in [0.15, 0.2) is 6.10 Å². The second kappa shape index (κ2) is 61.8. The van der Waals surface area contributed by atoms with Crippen molar-refractivity contribution < 1.29 is 28.6 Å². The van der Waals surface area contributed by atoms with Gasteiger partial charge >= 0.3 is 17.9 Å². The number of unbranched alkanes of at least 4 members (excludes halogenated alkanes) is 18. The molecule has 0 aliphatic carbocycles. The van der Waals surface area contributed by atoms with Gasteiger partial charge in [-0.1, -0.05) is 256 Å². The van der Waals surface area contributed by atoms with Crippen LogP contribution in [0.5, 0.6) is 0 Å². The van der Waals surface area contributed by atoms with Gasteiger partial charge in [0.1, 0.15) is 13.2 Å². The molecule has 0 rings (SSSR count). The van der Waals surface area contributed by atoms with E-state index in [2.05, 4.69) is 154 Å². The lowest BCUT2D eigenvalue weighted by molar-refractivity contribution is -0.166. The molecule has 1 unspecified atom stereocenters. The number of esters is 3. The van der Waals surface area contributed by atoms with Crippen molar-refractivity contribution in [1.82, 2.24) is 0 Å². The van der Waals surface area contributed by atoms with Crippen LogP contribution in [0.15, 0.2) is 146 Å². The molecule has 0 heterocycles. The van der Waals surface area contributed by atoms with Crippen LogP contribution < -0.4 is 0 Å². The fraction of sp³-hybridized carbons (Fsp3) is 0.609. The van der Waals surface area contributed by atoms with E-state index in [0.717, 1.165) is 128 Å². The smallest absolute Gasteiger partial charge is 0.306 e. The van der Waals surface area contributed by atoms with Crippen molar-refractivity contribution in [3.8, 4) is 0 Å². The van der Waals surface area contributed by atoms with E-state index in [-0.39, 0.29) is 37.5 Å². The maximum absolute atomic E-state index is 12.9. The van der Waals surface area contributed by atoms with Crippen LogP contribution in [0.4, 0.5) is 0 Å². The number of hydrogen-bond acceptors (Lipinski definition) is 6. The highest BCUT2D eigenvalue weighted by atomic mass is 16.6. The molecule has 0 spiro atoms. The molecule has 6 nitrogen and oxygen atoms in total. The van der Waals surface area contributed by atoms with Crippen molar-refractivity contribution in [3.05, 3.63) is 146 Å². The van der Waals surface area contributed by atoms with E-state index in [9.17, 15) is 14.4 Å². The summed E-state index contributed by atoms with van der Waals surface area (Å²) in [6.07, 6.45) is 88.6. The van der Waals surface area contributed by atoms with Gasteiger partial charge in [-0.15, -0.1) is 0 Å². The van der Waals surface area contributed by atoms with Crippen LogP contribution in [0.25, 0.3) is 0 Å². The molecule has 0 N–H and O–H groups in total. The minimum atomic E-state index is -0.822. The summed E-state index contributed by atoms with van der Waals surface area (Å²) in [5.74, 6) is -1.02. The van der Waals surface area contributed by atoms with Crippen molar-refractivity contribution in [2.45, 2.75) is 258 Å². The van der Waals surface area contributed by atoms with Crippen LogP contribution in [0.3, 0.4) is 0 Å². The molecule has 6 heteroatoms. The Bertz CT molecular complexity index is 1660. The molecule has 0 aliphatic heterocycles. The molecule has 0 aliphatic rings. The van der Waals surface area contributed by atoms with E-state index in [1.165, 1.54) is 77.0 Å². The Hall–Kier alpha value is -4.71. The SMILES string of the molecule is CC/C=C\C/C=C\C/C=C\C/C=C\CCCCCCCCCCCCCCC(=O)OCC(COC(=O)CC/C=C\C/C=C\C/C=C\C/C=C\CC)OC(=O)CCCCCCCC/C=C\C/C=C\C/C=C\C/C=C\CC.